The number of hydrogen-bond donors (Lipinski definition) is 1. The number of methoxy groups -OCH3 is 1. The van der Waals surface area contributed by atoms with Gasteiger partial charge in [-0.15, -0.1) is 0 Å². The molecule has 4 rings (SSSR count). The zero-order valence-corrected chi connectivity index (χ0v) is 20.0. The standard InChI is InChI=1S/C24H37FN4O4/c1-4-27-23(15-32-3)26-29(24(27)31)13-19(30)12-28-17-8-9-18(28)11-20(10-17)33-14-21-16(2)6-5-7-22(21)25/h6,17-20,30H,4-5,7-15H2,1-3H3. The first-order valence-corrected chi connectivity index (χ1v) is 12.2. The third-order valence-corrected chi connectivity index (χ3v) is 7.32. The average Bonchev–Trinajstić information content (AvgIpc) is 3.18. The molecule has 1 N–H and O–H groups in total. The quantitative estimate of drug-likeness (QED) is 0.573. The predicted molar refractivity (Wildman–Crippen MR) is 122 cm³/mol. The molecule has 9 heteroatoms. The molecule has 2 aliphatic heterocycles. The first-order valence-electron chi connectivity index (χ1n) is 12.2. The summed E-state index contributed by atoms with van der Waals surface area (Å²) in [5.41, 5.74) is 1.50. The van der Waals surface area contributed by atoms with E-state index < -0.39 is 6.10 Å². The highest BCUT2D eigenvalue weighted by molar-refractivity contribution is 5.35. The van der Waals surface area contributed by atoms with Crippen molar-refractivity contribution in [3.8, 4) is 0 Å². The lowest BCUT2D eigenvalue weighted by atomic mass is 9.97. The molecule has 3 unspecified atom stereocenters. The Bertz CT molecular complexity index is 939. The molecule has 33 heavy (non-hydrogen) atoms. The van der Waals surface area contributed by atoms with Crippen molar-refractivity contribution in [3.05, 3.63) is 39.4 Å². The Kier molecular flexibility index (Phi) is 7.83. The van der Waals surface area contributed by atoms with Crippen LogP contribution in [0.1, 0.15) is 58.2 Å². The van der Waals surface area contributed by atoms with Crippen molar-refractivity contribution in [2.24, 2.45) is 0 Å². The molecule has 2 bridgehead atoms. The number of hydrogen-bond acceptors (Lipinski definition) is 6. The molecule has 2 fully saturated rings. The average molecular weight is 465 g/mol. The smallest absolute Gasteiger partial charge is 0.346 e. The molecule has 184 valence electrons. The van der Waals surface area contributed by atoms with E-state index >= 15 is 0 Å². The number of allylic oxidation sites excluding steroid dienone is 2. The number of piperidine rings is 1. The summed E-state index contributed by atoms with van der Waals surface area (Å²) in [4.78, 5) is 15.0. The molecule has 1 aromatic heterocycles. The molecule has 3 aliphatic rings. The minimum atomic E-state index is -0.687. The third kappa shape index (κ3) is 5.31. The van der Waals surface area contributed by atoms with Crippen molar-refractivity contribution in [3.63, 3.8) is 0 Å². The molecule has 3 heterocycles. The largest absolute Gasteiger partial charge is 0.390 e. The molecule has 0 radical (unpaired) electrons. The number of aliphatic hydroxyl groups excluding tert-OH is 1. The Morgan fingerprint density at radius 2 is 1.97 bits per heavy atom. The van der Waals surface area contributed by atoms with Crippen molar-refractivity contribution in [1.29, 1.82) is 0 Å². The second kappa shape index (κ2) is 10.6. The number of aromatic nitrogens is 3. The second-order valence-corrected chi connectivity index (χ2v) is 9.51. The number of rotatable bonds is 10. The van der Waals surface area contributed by atoms with Crippen LogP contribution in [0.25, 0.3) is 0 Å². The fraction of sp³-hybridized carbons (Fsp3) is 0.750. The van der Waals surface area contributed by atoms with E-state index in [1.54, 1.807) is 11.7 Å². The van der Waals surface area contributed by atoms with E-state index in [1.165, 1.54) is 4.68 Å². The second-order valence-electron chi connectivity index (χ2n) is 9.51. The van der Waals surface area contributed by atoms with Crippen molar-refractivity contribution >= 4 is 0 Å². The van der Waals surface area contributed by atoms with Gasteiger partial charge in [-0.1, -0.05) is 6.08 Å². The first-order chi connectivity index (χ1) is 15.9. The van der Waals surface area contributed by atoms with Gasteiger partial charge >= 0.3 is 5.69 Å². The van der Waals surface area contributed by atoms with E-state index in [2.05, 4.69) is 16.1 Å². The van der Waals surface area contributed by atoms with Gasteiger partial charge in [-0.2, -0.15) is 5.10 Å². The van der Waals surface area contributed by atoms with Gasteiger partial charge in [0.25, 0.3) is 0 Å². The van der Waals surface area contributed by atoms with E-state index in [4.69, 9.17) is 9.47 Å². The zero-order valence-electron chi connectivity index (χ0n) is 20.0. The number of halogens is 1. The molecular formula is C24H37FN4O4. The Labute approximate surface area is 194 Å². The van der Waals surface area contributed by atoms with Crippen LogP contribution in [0.2, 0.25) is 0 Å². The summed E-state index contributed by atoms with van der Waals surface area (Å²) in [6.07, 6.45) is 6.70. The maximum atomic E-state index is 14.2. The van der Waals surface area contributed by atoms with Gasteiger partial charge in [0.05, 0.1) is 25.4 Å². The fourth-order valence-corrected chi connectivity index (χ4v) is 5.61. The Balaban J connectivity index is 1.32. The van der Waals surface area contributed by atoms with Crippen molar-refractivity contribution in [2.75, 3.05) is 20.3 Å². The third-order valence-electron chi connectivity index (χ3n) is 7.32. The van der Waals surface area contributed by atoms with E-state index in [1.807, 2.05) is 13.8 Å². The summed E-state index contributed by atoms with van der Waals surface area (Å²) < 4.78 is 28.4. The normalized spacial score (nSPS) is 26.7. The van der Waals surface area contributed by atoms with Crippen LogP contribution in [-0.4, -0.2) is 68.9 Å². The zero-order chi connectivity index (χ0) is 23.5. The van der Waals surface area contributed by atoms with Gasteiger partial charge in [-0.25, -0.2) is 13.9 Å². The SMILES string of the molecule is CCn1c(COC)nn(CC(O)CN2C3CCC2CC(OCC2=C(F)CCC=C2C)C3)c1=O. The first kappa shape index (κ1) is 24.3. The molecule has 0 amide bonds. The fourth-order valence-electron chi connectivity index (χ4n) is 5.61. The highest BCUT2D eigenvalue weighted by Gasteiger charge is 2.41. The Hall–Kier alpha value is -1.81. The molecule has 8 nitrogen and oxygen atoms in total. The van der Waals surface area contributed by atoms with Crippen LogP contribution in [-0.2, 0) is 29.2 Å². The topological polar surface area (TPSA) is 81.8 Å². The summed E-state index contributed by atoms with van der Waals surface area (Å²) in [6.45, 7) is 5.64. The number of ether oxygens (including phenoxy) is 2. The van der Waals surface area contributed by atoms with Crippen LogP contribution in [0.5, 0.6) is 0 Å². The Morgan fingerprint density at radius 1 is 1.24 bits per heavy atom. The van der Waals surface area contributed by atoms with Crippen LogP contribution in [0.15, 0.2) is 27.8 Å². The van der Waals surface area contributed by atoms with Gasteiger partial charge in [-0.05, 0) is 51.5 Å². The highest BCUT2D eigenvalue weighted by Crippen LogP contribution is 2.37. The molecule has 2 saturated heterocycles. The van der Waals surface area contributed by atoms with E-state index in [0.717, 1.165) is 43.3 Å². The minimum Gasteiger partial charge on any atom is -0.390 e. The van der Waals surface area contributed by atoms with E-state index in [-0.39, 0.29) is 30.8 Å². The maximum Gasteiger partial charge on any atom is 0.346 e. The van der Waals surface area contributed by atoms with Crippen LogP contribution >= 0.6 is 0 Å². The summed E-state index contributed by atoms with van der Waals surface area (Å²) in [5.74, 6) is 0.540. The van der Waals surface area contributed by atoms with Crippen molar-refractivity contribution < 1.29 is 19.0 Å². The van der Waals surface area contributed by atoms with Crippen LogP contribution < -0.4 is 5.69 Å². The highest BCUT2D eigenvalue weighted by atomic mass is 19.1. The summed E-state index contributed by atoms with van der Waals surface area (Å²) in [7, 11) is 1.57. The summed E-state index contributed by atoms with van der Waals surface area (Å²) in [6, 6.07) is 0.693. The van der Waals surface area contributed by atoms with Crippen LogP contribution in [0.3, 0.4) is 0 Å². The van der Waals surface area contributed by atoms with Gasteiger partial charge in [0, 0.05) is 44.3 Å². The molecule has 0 spiro atoms. The number of nitrogens with zero attached hydrogens (tertiary/aromatic N) is 4. The van der Waals surface area contributed by atoms with Crippen molar-refractivity contribution in [1.82, 2.24) is 19.2 Å². The van der Waals surface area contributed by atoms with Gasteiger partial charge in [0.1, 0.15) is 12.4 Å². The lowest BCUT2D eigenvalue weighted by molar-refractivity contribution is -0.0269. The van der Waals surface area contributed by atoms with E-state index in [0.29, 0.717) is 44.0 Å². The molecule has 0 saturated carbocycles. The lowest BCUT2D eigenvalue weighted by Crippen LogP contribution is -2.49. The Morgan fingerprint density at radius 3 is 2.61 bits per heavy atom. The molecule has 3 atom stereocenters. The predicted octanol–water partition coefficient (Wildman–Crippen LogP) is 2.55. The van der Waals surface area contributed by atoms with Gasteiger partial charge in [0.15, 0.2) is 5.82 Å². The lowest BCUT2D eigenvalue weighted by Gasteiger charge is -2.39. The maximum absolute atomic E-state index is 14.2. The summed E-state index contributed by atoms with van der Waals surface area (Å²) >= 11 is 0. The van der Waals surface area contributed by atoms with Gasteiger partial charge < -0.3 is 14.6 Å². The molecule has 1 aliphatic carbocycles. The van der Waals surface area contributed by atoms with E-state index in [9.17, 15) is 14.3 Å². The van der Waals surface area contributed by atoms with Crippen LogP contribution in [0.4, 0.5) is 4.39 Å². The monoisotopic (exact) mass is 464 g/mol. The summed E-state index contributed by atoms with van der Waals surface area (Å²) in [5, 5.41) is 15.1. The molecular weight excluding hydrogens is 427 g/mol. The van der Waals surface area contributed by atoms with Crippen molar-refractivity contribution in [2.45, 2.75) is 96.4 Å². The van der Waals surface area contributed by atoms with Gasteiger partial charge in [0.2, 0.25) is 0 Å². The minimum absolute atomic E-state index is 0.0343. The van der Waals surface area contributed by atoms with Gasteiger partial charge in [-0.3, -0.25) is 9.47 Å². The van der Waals surface area contributed by atoms with Crippen LogP contribution in [0, 0.1) is 0 Å². The number of fused-ring (bicyclic) bond motifs is 2. The molecule has 1 aromatic rings. The number of aliphatic hydroxyl groups is 1. The molecule has 0 aromatic carbocycles.